The van der Waals surface area contributed by atoms with Crippen molar-refractivity contribution in [1.29, 1.82) is 0 Å². The zero-order valence-corrected chi connectivity index (χ0v) is 8.30. The largest absolute Gasteiger partial charge is 0.410 e. The van der Waals surface area contributed by atoms with Crippen LogP contribution in [0.2, 0.25) is 0 Å². The molecular formula is C9H12F3N3. The molecule has 0 bridgehead atoms. The molecule has 1 atom stereocenters. The van der Waals surface area contributed by atoms with Crippen molar-refractivity contribution in [1.82, 2.24) is 9.78 Å². The van der Waals surface area contributed by atoms with Crippen LogP contribution in [0.25, 0.3) is 0 Å². The number of nitrogens with one attached hydrogen (secondary N) is 1. The van der Waals surface area contributed by atoms with Gasteiger partial charge in [-0.15, -0.1) is 0 Å². The number of aromatic nitrogens is 2. The van der Waals surface area contributed by atoms with E-state index in [1.807, 2.05) is 6.92 Å². The van der Waals surface area contributed by atoms with Gasteiger partial charge >= 0.3 is 6.18 Å². The average molecular weight is 219 g/mol. The Morgan fingerprint density at radius 3 is 2.93 bits per heavy atom. The highest BCUT2D eigenvalue weighted by molar-refractivity contribution is 5.39. The fraction of sp³-hybridized carbons (Fsp3) is 0.667. The van der Waals surface area contributed by atoms with E-state index in [2.05, 4.69) is 10.4 Å². The van der Waals surface area contributed by atoms with Crippen LogP contribution in [0.5, 0.6) is 0 Å². The van der Waals surface area contributed by atoms with Gasteiger partial charge in [-0.05, 0) is 12.8 Å². The Kier molecular flexibility index (Phi) is 2.36. The summed E-state index contributed by atoms with van der Waals surface area (Å²) in [5, 5.41) is 6.87. The lowest BCUT2D eigenvalue weighted by atomic mass is 10.1. The summed E-state index contributed by atoms with van der Waals surface area (Å²) < 4.78 is 39.0. The molecule has 0 aliphatic carbocycles. The van der Waals surface area contributed by atoms with Crippen LogP contribution < -0.4 is 5.32 Å². The van der Waals surface area contributed by atoms with Crippen molar-refractivity contribution < 1.29 is 13.2 Å². The van der Waals surface area contributed by atoms with Gasteiger partial charge in [0, 0.05) is 12.6 Å². The summed E-state index contributed by atoms with van der Waals surface area (Å²) in [5.74, 6) is 0.473. The van der Waals surface area contributed by atoms with Crippen LogP contribution in [-0.4, -0.2) is 22.5 Å². The number of nitrogens with zero attached hydrogens (tertiary/aromatic N) is 2. The standard InChI is InChI=1S/C9H12F3N3/c1-2-6-5-8-13-4-3-7(9(10,11)12)15(8)14-6/h5,7,13H,2-4H2,1H3. The minimum atomic E-state index is -4.21. The molecule has 0 spiro atoms. The molecule has 1 aliphatic heterocycles. The highest BCUT2D eigenvalue weighted by atomic mass is 19.4. The highest BCUT2D eigenvalue weighted by Crippen LogP contribution is 2.37. The van der Waals surface area contributed by atoms with E-state index in [1.165, 1.54) is 0 Å². The predicted octanol–water partition coefficient (Wildman–Crippen LogP) is 2.36. The van der Waals surface area contributed by atoms with Crippen molar-refractivity contribution >= 4 is 5.82 Å². The quantitative estimate of drug-likeness (QED) is 0.785. The van der Waals surface area contributed by atoms with Gasteiger partial charge in [0.05, 0.1) is 5.69 Å². The summed E-state index contributed by atoms with van der Waals surface area (Å²) in [4.78, 5) is 0. The number of fused-ring (bicyclic) bond motifs is 1. The van der Waals surface area contributed by atoms with E-state index in [4.69, 9.17) is 0 Å². The molecule has 2 heterocycles. The molecule has 15 heavy (non-hydrogen) atoms. The molecule has 0 radical (unpaired) electrons. The molecule has 0 saturated carbocycles. The first kappa shape index (κ1) is 10.3. The van der Waals surface area contributed by atoms with Gasteiger partial charge in [0.25, 0.3) is 0 Å². The van der Waals surface area contributed by atoms with Gasteiger partial charge in [0.15, 0.2) is 6.04 Å². The third-order valence-corrected chi connectivity index (χ3v) is 2.55. The van der Waals surface area contributed by atoms with Crippen molar-refractivity contribution in [2.45, 2.75) is 32.0 Å². The van der Waals surface area contributed by atoms with E-state index in [0.29, 0.717) is 24.5 Å². The van der Waals surface area contributed by atoms with Gasteiger partial charge in [-0.3, -0.25) is 0 Å². The Hall–Kier alpha value is -1.20. The highest BCUT2D eigenvalue weighted by Gasteiger charge is 2.43. The van der Waals surface area contributed by atoms with Gasteiger partial charge in [-0.1, -0.05) is 6.92 Å². The summed E-state index contributed by atoms with van der Waals surface area (Å²) in [7, 11) is 0. The van der Waals surface area contributed by atoms with Gasteiger partial charge in [-0.25, -0.2) is 4.68 Å². The maximum atomic E-state index is 12.6. The number of rotatable bonds is 1. The maximum absolute atomic E-state index is 12.6. The van der Waals surface area contributed by atoms with Crippen LogP contribution in [0.15, 0.2) is 6.07 Å². The molecular weight excluding hydrogens is 207 g/mol. The Morgan fingerprint density at radius 1 is 1.60 bits per heavy atom. The van der Waals surface area contributed by atoms with Crippen molar-refractivity contribution in [3.63, 3.8) is 0 Å². The van der Waals surface area contributed by atoms with Crippen LogP contribution in [0.1, 0.15) is 25.1 Å². The van der Waals surface area contributed by atoms with Gasteiger partial charge in [0.2, 0.25) is 0 Å². The molecule has 1 unspecified atom stereocenters. The smallest absolute Gasteiger partial charge is 0.370 e. The van der Waals surface area contributed by atoms with Crippen molar-refractivity contribution in [2.24, 2.45) is 0 Å². The summed E-state index contributed by atoms with van der Waals surface area (Å²) in [6, 6.07) is 0.201. The van der Waals surface area contributed by atoms with E-state index in [9.17, 15) is 13.2 Å². The molecule has 0 fully saturated rings. The lowest BCUT2D eigenvalue weighted by Gasteiger charge is -2.27. The molecule has 6 heteroatoms. The van der Waals surface area contributed by atoms with Gasteiger partial charge < -0.3 is 5.32 Å². The molecule has 0 amide bonds. The first-order chi connectivity index (χ1) is 7.02. The lowest BCUT2D eigenvalue weighted by molar-refractivity contribution is -0.171. The van der Waals surface area contributed by atoms with Gasteiger partial charge in [-0.2, -0.15) is 18.3 Å². The van der Waals surface area contributed by atoms with E-state index in [0.717, 1.165) is 4.68 Å². The van der Waals surface area contributed by atoms with Gasteiger partial charge in [0.1, 0.15) is 5.82 Å². The molecule has 0 aromatic carbocycles. The summed E-state index contributed by atoms with van der Waals surface area (Å²) in [6.07, 6.45) is -3.53. The molecule has 1 aromatic rings. The second-order valence-corrected chi connectivity index (χ2v) is 3.59. The second kappa shape index (κ2) is 3.43. The lowest BCUT2D eigenvalue weighted by Crippen LogP contribution is -2.33. The first-order valence-electron chi connectivity index (χ1n) is 4.91. The van der Waals surface area contributed by atoms with Crippen LogP contribution in [0.3, 0.4) is 0 Å². The number of aryl methyl sites for hydroxylation is 1. The van der Waals surface area contributed by atoms with E-state index in [-0.39, 0.29) is 6.42 Å². The fourth-order valence-corrected chi connectivity index (χ4v) is 1.75. The number of hydrogen-bond donors (Lipinski definition) is 1. The monoisotopic (exact) mass is 219 g/mol. The van der Waals surface area contributed by atoms with Crippen LogP contribution in [-0.2, 0) is 6.42 Å². The molecule has 84 valence electrons. The Balaban J connectivity index is 2.37. The minimum Gasteiger partial charge on any atom is -0.370 e. The number of anilines is 1. The van der Waals surface area contributed by atoms with Crippen molar-refractivity contribution in [3.05, 3.63) is 11.8 Å². The number of halogens is 3. The van der Waals surface area contributed by atoms with Crippen LogP contribution in [0.4, 0.5) is 19.0 Å². The zero-order valence-electron chi connectivity index (χ0n) is 8.30. The molecule has 1 aliphatic rings. The third-order valence-electron chi connectivity index (χ3n) is 2.55. The van der Waals surface area contributed by atoms with E-state index >= 15 is 0 Å². The fourth-order valence-electron chi connectivity index (χ4n) is 1.75. The summed E-state index contributed by atoms with van der Waals surface area (Å²) >= 11 is 0. The number of hydrogen-bond acceptors (Lipinski definition) is 2. The van der Waals surface area contributed by atoms with Crippen LogP contribution in [0, 0.1) is 0 Å². The Morgan fingerprint density at radius 2 is 2.33 bits per heavy atom. The third kappa shape index (κ3) is 1.80. The molecule has 2 rings (SSSR count). The molecule has 3 nitrogen and oxygen atoms in total. The predicted molar refractivity (Wildman–Crippen MR) is 49.8 cm³/mol. The van der Waals surface area contributed by atoms with Crippen molar-refractivity contribution in [3.8, 4) is 0 Å². The normalized spacial score (nSPS) is 20.9. The topological polar surface area (TPSA) is 29.9 Å². The number of alkyl halides is 3. The average Bonchev–Trinajstić information content (AvgIpc) is 2.57. The SMILES string of the molecule is CCc1cc2n(n1)C(C(F)(F)F)CCN2. The Bertz CT molecular complexity index is 356. The Labute approximate surface area is 85.3 Å². The van der Waals surface area contributed by atoms with Crippen molar-refractivity contribution in [2.75, 3.05) is 11.9 Å². The summed E-state index contributed by atoms with van der Waals surface area (Å²) in [5.41, 5.74) is 0.689. The first-order valence-corrected chi connectivity index (χ1v) is 4.91. The summed E-state index contributed by atoms with van der Waals surface area (Å²) in [6.45, 7) is 2.22. The maximum Gasteiger partial charge on any atom is 0.410 e. The van der Waals surface area contributed by atoms with Crippen LogP contribution >= 0.6 is 0 Å². The minimum absolute atomic E-state index is 0.0430. The molecule has 1 N–H and O–H groups in total. The van der Waals surface area contributed by atoms with E-state index in [1.54, 1.807) is 6.07 Å². The molecule has 0 saturated heterocycles. The zero-order chi connectivity index (χ0) is 11.1. The second-order valence-electron chi connectivity index (χ2n) is 3.59. The van der Waals surface area contributed by atoms with E-state index < -0.39 is 12.2 Å². The molecule has 1 aromatic heterocycles.